The topological polar surface area (TPSA) is 129 Å². The Morgan fingerprint density at radius 1 is 1.22 bits per heavy atom. The Labute approximate surface area is 184 Å². The molecule has 9 heteroatoms. The van der Waals surface area contributed by atoms with Gasteiger partial charge in [-0.05, 0) is 43.7 Å². The van der Waals surface area contributed by atoms with Crippen LogP contribution in [-0.4, -0.2) is 34.9 Å². The molecule has 2 aromatic carbocycles. The number of H-pyrrole nitrogens is 1. The molecule has 0 unspecified atom stereocenters. The summed E-state index contributed by atoms with van der Waals surface area (Å²) in [6.07, 6.45) is 1.33. The van der Waals surface area contributed by atoms with Gasteiger partial charge < -0.3 is 9.47 Å². The molecule has 0 radical (unpaired) electrons. The second kappa shape index (κ2) is 10.5. The largest absolute Gasteiger partial charge is 0.482 e. The number of ether oxygens (including phenoxy) is 2. The standard InChI is InChI=1S/C23H21N5O4/c1-15(2)32-20(29)14-31-18-10-8-16(9-11-18)13-25-28-23-26-21(17-6-4-3-5-7-17)19(12-24)22(30)27-23/h3-11,13,15H,14H2,1-2H3,(H2,26,27,28,30). The fourth-order valence-corrected chi connectivity index (χ4v) is 2.69. The average molecular weight is 431 g/mol. The molecular formula is C23H21N5O4. The van der Waals surface area contributed by atoms with Gasteiger partial charge in [0.05, 0.1) is 18.0 Å². The molecular weight excluding hydrogens is 410 g/mol. The van der Waals surface area contributed by atoms with Crippen LogP contribution in [0.2, 0.25) is 0 Å². The van der Waals surface area contributed by atoms with Crippen LogP contribution in [0.4, 0.5) is 5.95 Å². The Morgan fingerprint density at radius 2 is 1.94 bits per heavy atom. The van der Waals surface area contributed by atoms with Gasteiger partial charge in [0, 0.05) is 5.56 Å². The summed E-state index contributed by atoms with van der Waals surface area (Å²) in [4.78, 5) is 30.6. The molecule has 3 rings (SSSR count). The molecule has 162 valence electrons. The number of carbonyl (C=O) groups excluding carboxylic acids is 1. The Kier molecular flexibility index (Phi) is 7.33. The van der Waals surface area contributed by atoms with Crippen molar-refractivity contribution >= 4 is 18.1 Å². The van der Waals surface area contributed by atoms with Gasteiger partial charge in [0.2, 0.25) is 5.95 Å². The highest BCUT2D eigenvalue weighted by molar-refractivity contribution is 5.80. The van der Waals surface area contributed by atoms with Gasteiger partial charge in [-0.15, -0.1) is 0 Å². The Hall–Kier alpha value is -4.45. The molecule has 0 aliphatic rings. The summed E-state index contributed by atoms with van der Waals surface area (Å²) in [7, 11) is 0. The van der Waals surface area contributed by atoms with Crippen LogP contribution in [0.1, 0.15) is 25.0 Å². The SMILES string of the molecule is CC(C)OC(=O)COc1ccc(C=NNc2nc(-c3ccccc3)c(C#N)c(=O)[nH]2)cc1. The highest BCUT2D eigenvalue weighted by atomic mass is 16.6. The number of hydrogen-bond donors (Lipinski definition) is 2. The van der Waals surface area contributed by atoms with Gasteiger partial charge in [-0.3, -0.25) is 9.78 Å². The maximum atomic E-state index is 12.2. The normalized spacial score (nSPS) is 10.7. The minimum atomic E-state index is -0.559. The molecule has 1 aromatic heterocycles. The van der Waals surface area contributed by atoms with Gasteiger partial charge in [0.25, 0.3) is 5.56 Å². The Bertz CT molecular complexity index is 1200. The zero-order chi connectivity index (χ0) is 22.9. The number of nitriles is 1. The first-order valence-corrected chi connectivity index (χ1v) is 9.77. The van der Waals surface area contributed by atoms with Crippen molar-refractivity contribution in [3.05, 3.63) is 76.1 Å². The molecule has 0 aliphatic heterocycles. The van der Waals surface area contributed by atoms with Crippen molar-refractivity contribution in [3.63, 3.8) is 0 Å². The number of esters is 1. The minimum Gasteiger partial charge on any atom is -0.482 e. The molecule has 0 aliphatic carbocycles. The fourth-order valence-electron chi connectivity index (χ4n) is 2.69. The number of hydrazone groups is 1. The van der Waals surface area contributed by atoms with Crippen molar-refractivity contribution in [3.8, 4) is 23.1 Å². The summed E-state index contributed by atoms with van der Waals surface area (Å²) in [5, 5.41) is 13.4. The van der Waals surface area contributed by atoms with Crippen LogP contribution >= 0.6 is 0 Å². The van der Waals surface area contributed by atoms with Crippen LogP contribution in [0.15, 0.2) is 64.5 Å². The highest BCUT2D eigenvalue weighted by Crippen LogP contribution is 2.19. The Morgan fingerprint density at radius 3 is 2.59 bits per heavy atom. The summed E-state index contributed by atoms with van der Waals surface area (Å²) < 4.78 is 10.4. The molecule has 0 spiro atoms. The zero-order valence-corrected chi connectivity index (χ0v) is 17.5. The van der Waals surface area contributed by atoms with E-state index in [2.05, 4.69) is 20.5 Å². The van der Waals surface area contributed by atoms with Crippen molar-refractivity contribution in [2.45, 2.75) is 20.0 Å². The third kappa shape index (κ3) is 6.03. The summed E-state index contributed by atoms with van der Waals surface area (Å²) in [5.74, 6) is 0.183. The number of aromatic amines is 1. The van der Waals surface area contributed by atoms with E-state index < -0.39 is 11.5 Å². The van der Waals surface area contributed by atoms with Gasteiger partial charge in [0.15, 0.2) is 6.61 Å². The quantitative estimate of drug-likeness (QED) is 0.318. The average Bonchev–Trinajstić information content (AvgIpc) is 2.78. The molecule has 0 fully saturated rings. The third-order valence-corrected chi connectivity index (χ3v) is 4.07. The van der Waals surface area contributed by atoms with Crippen molar-refractivity contribution in [1.29, 1.82) is 5.26 Å². The van der Waals surface area contributed by atoms with Crippen LogP contribution < -0.4 is 15.7 Å². The summed E-state index contributed by atoms with van der Waals surface area (Å²) in [6, 6.07) is 17.7. The number of nitrogens with one attached hydrogen (secondary N) is 2. The van der Waals surface area contributed by atoms with Crippen molar-refractivity contribution in [2.75, 3.05) is 12.0 Å². The lowest BCUT2D eigenvalue weighted by Crippen LogP contribution is -2.18. The molecule has 0 atom stereocenters. The molecule has 2 N–H and O–H groups in total. The van der Waals surface area contributed by atoms with Crippen LogP contribution in [0.3, 0.4) is 0 Å². The highest BCUT2D eigenvalue weighted by Gasteiger charge is 2.12. The summed E-state index contributed by atoms with van der Waals surface area (Å²) in [6.45, 7) is 3.37. The number of hydrogen-bond acceptors (Lipinski definition) is 8. The van der Waals surface area contributed by atoms with Crippen LogP contribution in [0.5, 0.6) is 5.75 Å². The van der Waals surface area contributed by atoms with Crippen molar-refractivity contribution in [1.82, 2.24) is 9.97 Å². The van der Waals surface area contributed by atoms with E-state index in [4.69, 9.17) is 9.47 Å². The van der Waals surface area contributed by atoms with E-state index in [-0.39, 0.29) is 29.9 Å². The predicted octanol–water partition coefficient (Wildman–Crippen LogP) is 3.08. The third-order valence-electron chi connectivity index (χ3n) is 4.07. The number of nitrogens with zero attached hydrogens (tertiary/aromatic N) is 3. The van der Waals surface area contributed by atoms with Crippen LogP contribution in [-0.2, 0) is 9.53 Å². The van der Waals surface area contributed by atoms with Gasteiger partial charge in [0.1, 0.15) is 17.4 Å². The molecule has 1 heterocycles. The molecule has 0 saturated carbocycles. The minimum absolute atomic E-state index is 0.0707. The molecule has 0 amide bonds. The van der Waals surface area contributed by atoms with E-state index in [1.807, 2.05) is 12.1 Å². The van der Waals surface area contributed by atoms with Crippen LogP contribution in [0.25, 0.3) is 11.3 Å². The van der Waals surface area contributed by atoms with Crippen molar-refractivity contribution in [2.24, 2.45) is 5.10 Å². The number of benzene rings is 2. The summed E-state index contributed by atoms with van der Waals surface area (Å²) >= 11 is 0. The number of anilines is 1. The zero-order valence-electron chi connectivity index (χ0n) is 17.5. The second-order valence-corrected chi connectivity index (χ2v) is 6.88. The summed E-state index contributed by atoms with van der Waals surface area (Å²) in [5.41, 5.74) is 3.70. The molecule has 0 saturated heterocycles. The molecule has 3 aromatic rings. The lowest BCUT2D eigenvalue weighted by atomic mass is 10.1. The second-order valence-electron chi connectivity index (χ2n) is 6.88. The van der Waals surface area contributed by atoms with E-state index >= 15 is 0 Å². The first-order chi connectivity index (χ1) is 15.5. The van der Waals surface area contributed by atoms with E-state index in [1.54, 1.807) is 62.4 Å². The molecule has 32 heavy (non-hydrogen) atoms. The first kappa shape index (κ1) is 22.2. The number of rotatable bonds is 8. The smallest absolute Gasteiger partial charge is 0.344 e. The molecule has 9 nitrogen and oxygen atoms in total. The lowest BCUT2D eigenvalue weighted by Gasteiger charge is -2.09. The maximum absolute atomic E-state index is 12.2. The van der Waals surface area contributed by atoms with E-state index in [1.165, 1.54) is 6.21 Å². The van der Waals surface area contributed by atoms with Crippen molar-refractivity contribution < 1.29 is 14.3 Å². The Balaban J connectivity index is 1.66. The van der Waals surface area contributed by atoms with E-state index in [9.17, 15) is 14.9 Å². The van der Waals surface area contributed by atoms with E-state index in [0.29, 0.717) is 11.3 Å². The lowest BCUT2D eigenvalue weighted by molar-refractivity contribution is -0.149. The number of aromatic nitrogens is 2. The fraction of sp³-hybridized carbons (Fsp3) is 0.174. The predicted molar refractivity (Wildman–Crippen MR) is 119 cm³/mol. The van der Waals surface area contributed by atoms with Gasteiger partial charge in [-0.2, -0.15) is 10.4 Å². The van der Waals surface area contributed by atoms with Gasteiger partial charge >= 0.3 is 5.97 Å². The molecule has 0 bridgehead atoms. The van der Waals surface area contributed by atoms with E-state index in [0.717, 1.165) is 5.56 Å². The number of carbonyl (C=O) groups is 1. The monoisotopic (exact) mass is 431 g/mol. The van der Waals surface area contributed by atoms with Gasteiger partial charge in [-0.1, -0.05) is 30.3 Å². The van der Waals surface area contributed by atoms with Gasteiger partial charge in [-0.25, -0.2) is 15.2 Å². The van der Waals surface area contributed by atoms with Crippen LogP contribution in [0, 0.1) is 11.3 Å². The maximum Gasteiger partial charge on any atom is 0.344 e. The first-order valence-electron chi connectivity index (χ1n) is 9.77.